The van der Waals surface area contributed by atoms with Crippen molar-refractivity contribution in [1.29, 1.82) is 0 Å². The zero-order chi connectivity index (χ0) is 24.4. The molecule has 0 nitrogen and oxygen atoms in total. The van der Waals surface area contributed by atoms with Crippen LogP contribution in [0.5, 0.6) is 0 Å². The zero-order valence-corrected chi connectivity index (χ0v) is 23.3. The van der Waals surface area contributed by atoms with E-state index >= 15 is 0 Å². The number of rotatable bonds is 6. The molecule has 1 aromatic heterocycles. The van der Waals surface area contributed by atoms with Gasteiger partial charge < -0.3 is 0 Å². The minimum atomic E-state index is -0.678. The van der Waals surface area contributed by atoms with Crippen LogP contribution < -0.4 is 31.1 Å². The van der Waals surface area contributed by atoms with Crippen molar-refractivity contribution in [2.24, 2.45) is 0 Å². The Morgan fingerprint density at radius 3 is 1.49 bits per heavy atom. The maximum Gasteiger partial charge on any atom is 0.0457 e. The molecule has 0 amide bonds. The molecule has 1 heterocycles. The van der Waals surface area contributed by atoms with E-state index in [9.17, 15) is 0 Å². The minimum absolute atomic E-state index is 0.671. The third-order valence-corrected chi connectivity index (χ3v) is 13.8. The van der Waals surface area contributed by atoms with Crippen molar-refractivity contribution in [3.05, 3.63) is 131 Å². The van der Waals surface area contributed by atoms with Gasteiger partial charge in [-0.25, -0.2) is 0 Å². The molecule has 0 N–H and O–H groups in total. The zero-order valence-electron chi connectivity index (χ0n) is 20.7. The van der Waals surface area contributed by atoms with Gasteiger partial charge in [0.05, 0.1) is 0 Å². The standard InChI is InChI=1S/C32H30P2S/c1-23-15-14-22-30(24(23)2)34(29-20-12-7-13-21-29)32-31(25(3)26(4)35-32)33(27-16-8-5-9-17-27)28-18-10-6-11-19-28/h5-22H,1-4H3. The largest absolute Gasteiger partial charge is 0.139 e. The predicted octanol–water partition coefficient (Wildman–Crippen LogP) is 6.50. The monoisotopic (exact) mass is 508 g/mol. The van der Waals surface area contributed by atoms with Crippen LogP contribution in [0, 0.1) is 27.7 Å². The summed E-state index contributed by atoms with van der Waals surface area (Å²) in [7, 11) is -1.35. The molecule has 5 rings (SSSR count). The molecule has 174 valence electrons. The number of hydrogen-bond donors (Lipinski definition) is 0. The first-order chi connectivity index (χ1) is 17.1. The number of hydrogen-bond acceptors (Lipinski definition) is 1. The van der Waals surface area contributed by atoms with E-state index in [2.05, 4.69) is 137 Å². The average Bonchev–Trinajstić information content (AvgIpc) is 3.18. The molecule has 0 spiro atoms. The molecule has 0 radical (unpaired) electrons. The first kappa shape index (κ1) is 24.1. The molecule has 1 atom stereocenters. The number of benzene rings is 4. The summed E-state index contributed by atoms with van der Waals surface area (Å²) >= 11 is 2.02. The van der Waals surface area contributed by atoms with Crippen molar-refractivity contribution in [3.63, 3.8) is 0 Å². The minimum Gasteiger partial charge on any atom is -0.139 e. The molecule has 35 heavy (non-hydrogen) atoms. The molecule has 0 bridgehead atoms. The smallest absolute Gasteiger partial charge is 0.0457 e. The Bertz CT molecular complexity index is 1380. The fraction of sp³-hybridized carbons (Fsp3) is 0.125. The Hall–Kier alpha value is -2.56. The third kappa shape index (κ3) is 4.79. The van der Waals surface area contributed by atoms with Gasteiger partial charge in [-0.3, -0.25) is 0 Å². The van der Waals surface area contributed by atoms with Crippen LogP contribution in [0.3, 0.4) is 0 Å². The maximum absolute atomic E-state index is 2.36. The van der Waals surface area contributed by atoms with Crippen LogP contribution >= 0.6 is 27.2 Å². The maximum atomic E-state index is 2.36. The topological polar surface area (TPSA) is 0 Å². The second-order valence-corrected chi connectivity index (χ2v) is 14.6. The lowest BCUT2D eigenvalue weighted by Gasteiger charge is -2.26. The Morgan fingerprint density at radius 2 is 0.971 bits per heavy atom. The highest BCUT2D eigenvalue weighted by Gasteiger charge is 2.30. The van der Waals surface area contributed by atoms with Gasteiger partial charge in [-0.2, -0.15) is 0 Å². The van der Waals surface area contributed by atoms with Crippen LogP contribution in [0.2, 0.25) is 0 Å². The quantitative estimate of drug-likeness (QED) is 0.230. The summed E-state index contributed by atoms with van der Waals surface area (Å²) in [5.74, 6) is 0. The van der Waals surface area contributed by atoms with Gasteiger partial charge in [0.1, 0.15) is 0 Å². The molecule has 0 saturated heterocycles. The van der Waals surface area contributed by atoms with E-state index in [1.807, 2.05) is 11.3 Å². The van der Waals surface area contributed by atoms with Crippen LogP contribution in [-0.2, 0) is 0 Å². The van der Waals surface area contributed by atoms with Gasteiger partial charge in [0.2, 0.25) is 0 Å². The summed E-state index contributed by atoms with van der Waals surface area (Å²) in [4.78, 5) is 1.43. The van der Waals surface area contributed by atoms with Gasteiger partial charge in [0, 0.05) is 14.8 Å². The summed E-state index contributed by atoms with van der Waals surface area (Å²) in [5.41, 5.74) is 4.24. The van der Waals surface area contributed by atoms with Crippen molar-refractivity contribution in [2.45, 2.75) is 27.7 Å². The first-order valence-electron chi connectivity index (χ1n) is 12.0. The van der Waals surface area contributed by atoms with Gasteiger partial charge in [-0.05, 0) is 81.4 Å². The Morgan fingerprint density at radius 1 is 0.486 bits per heavy atom. The fourth-order valence-electron chi connectivity index (χ4n) is 4.49. The fourth-order valence-corrected chi connectivity index (χ4v) is 12.5. The SMILES string of the molecule is Cc1cccc(P(c2ccccc2)c2sc(C)c(C)c2P(c2ccccc2)c2ccccc2)c1C. The molecule has 0 aliphatic heterocycles. The Labute approximate surface area is 216 Å². The van der Waals surface area contributed by atoms with Crippen molar-refractivity contribution in [2.75, 3.05) is 0 Å². The van der Waals surface area contributed by atoms with E-state index in [1.54, 1.807) is 9.92 Å². The van der Waals surface area contributed by atoms with Crippen molar-refractivity contribution >= 4 is 58.3 Å². The van der Waals surface area contributed by atoms with E-state index < -0.39 is 15.8 Å². The summed E-state index contributed by atoms with van der Waals surface area (Å²) in [6.07, 6.45) is 0. The second kappa shape index (κ2) is 10.6. The van der Waals surface area contributed by atoms with Gasteiger partial charge in [-0.1, -0.05) is 109 Å². The second-order valence-electron chi connectivity index (χ2n) is 8.83. The van der Waals surface area contributed by atoms with Crippen molar-refractivity contribution in [3.8, 4) is 0 Å². The Balaban J connectivity index is 1.82. The molecule has 0 aliphatic carbocycles. The van der Waals surface area contributed by atoms with Crippen LogP contribution in [0.25, 0.3) is 0 Å². The first-order valence-corrected chi connectivity index (χ1v) is 15.5. The van der Waals surface area contributed by atoms with Crippen LogP contribution in [-0.4, -0.2) is 0 Å². The molecule has 1 unspecified atom stereocenters. The summed E-state index contributed by atoms with van der Waals surface area (Å²) in [6.45, 7) is 9.18. The summed E-state index contributed by atoms with van der Waals surface area (Å²) in [5, 5.41) is 7.29. The lowest BCUT2D eigenvalue weighted by molar-refractivity contribution is 1.37. The molecule has 0 fully saturated rings. The molecule has 0 aliphatic rings. The third-order valence-electron chi connectivity index (χ3n) is 6.62. The highest BCUT2D eigenvalue weighted by molar-refractivity contribution is 7.88. The van der Waals surface area contributed by atoms with Crippen LogP contribution in [0.4, 0.5) is 0 Å². The van der Waals surface area contributed by atoms with Gasteiger partial charge in [0.15, 0.2) is 0 Å². The van der Waals surface area contributed by atoms with Gasteiger partial charge >= 0.3 is 0 Å². The number of thiophene rings is 1. The molecule has 0 saturated carbocycles. The highest BCUT2D eigenvalue weighted by atomic mass is 32.1. The molecular weight excluding hydrogens is 478 g/mol. The molecular formula is C32H30P2S. The lowest BCUT2D eigenvalue weighted by atomic mass is 10.1. The van der Waals surface area contributed by atoms with E-state index in [-0.39, 0.29) is 0 Å². The summed E-state index contributed by atoms with van der Waals surface area (Å²) in [6, 6.07) is 40.3. The van der Waals surface area contributed by atoms with Gasteiger partial charge in [-0.15, -0.1) is 11.3 Å². The Kier molecular flexibility index (Phi) is 7.31. The number of aryl methyl sites for hydroxylation is 2. The normalized spacial score (nSPS) is 12.1. The highest BCUT2D eigenvalue weighted by Crippen LogP contribution is 2.43. The van der Waals surface area contributed by atoms with E-state index in [0.29, 0.717) is 0 Å². The average molecular weight is 509 g/mol. The molecule has 3 heteroatoms. The lowest BCUT2D eigenvalue weighted by Crippen LogP contribution is -2.33. The molecule has 4 aromatic carbocycles. The van der Waals surface area contributed by atoms with Crippen LogP contribution in [0.1, 0.15) is 21.6 Å². The van der Waals surface area contributed by atoms with E-state index in [1.165, 1.54) is 42.8 Å². The van der Waals surface area contributed by atoms with E-state index in [0.717, 1.165) is 0 Å². The van der Waals surface area contributed by atoms with E-state index in [4.69, 9.17) is 0 Å². The van der Waals surface area contributed by atoms with Crippen molar-refractivity contribution in [1.82, 2.24) is 0 Å². The van der Waals surface area contributed by atoms with Crippen molar-refractivity contribution < 1.29 is 0 Å². The predicted molar refractivity (Wildman–Crippen MR) is 161 cm³/mol. The molecule has 5 aromatic rings. The summed E-state index contributed by atoms with van der Waals surface area (Å²) < 4.78 is 1.55. The van der Waals surface area contributed by atoms with Gasteiger partial charge in [0.25, 0.3) is 0 Å². The van der Waals surface area contributed by atoms with Crippen LogP contribution in [0.15, 0.2) is 109 Å².